The summed E-state index contributed by atoms with van der Waals surface area (Å²) < 4.78 is 21.6. The average Bonchev–Trinajstić information content (AvgIpc) is 3.02. The number of pyridine rings is 1. The highest BCUT2D eigenvalue weighted by molar-refractivity contribution is 9.10. The number of halogens is 2. The quantitative estimate of drug-likeness (QED) is 0.536. The van der Waals surface area contributed by atoms with Crippen molar-refractivity contribution in [2.45, 2.75) is 6.92 Å². The molecule has 136 valence electrons. The number of anilines is 1. The van der Waals surface area contributed by atoms with Gasteiger partial charge in [-0.1, -0.05) is 0 Å². The molecule has 0 saturated carbocycles. The van der Waals surface area contributed by atoms with Crippen molar-refractivity contribution in [3.8, 4) is 5.88 Å². The normalized spacial score (nSPS) is 11.1. The number of benzene rings is 1. The first kappa shape index (κ1) is 17.3. The van der Waals surface area contributed by atoms with E-state index in [1.165, 1.54) is 23.8 Å². The number of methoxy groups -OCH3 is 1. The van der Waals surface area contributed by atoms with Gasteiger partial charge in [-0.25, -0.2) is 19.3 Å². The van der Waals surface area contributed by atoms with Crippen LogP contribution in [0.1, 0.15) is 16.1 Å². The fraction of sp³-hybridized carbons (Fsp3) is 0.111. The summed E-state index contributed by atoms with van der Waals surface area (Å²) in [7, 11) is 1.47. The van der Waals surface area contributed by atoms with E-state index in [4.69, 9.17) is 4.74 Å². The van der Waals surface area contributed by atoms with Crippen molar-refractivity contribution in [2.75, 3.05) is 12.4 Å². The van der Waals surface area contributed by atoms with Crippen LogP contribution in [0.2, 0.25) is 0 Å². The second-order valence-electron chi connectivity index (χ2n) is 5.85. The van der Waals surface area contributed by atoms with Crippen LogP contribution >= 0.6 is 15.9 Å². The van der Waals surface area contributed by atoms with Crippen LogP contribution in [0, 0.1) is 12.7 Å². The lowest BCUT2D eigenvalue weighted by atomic mass is 10.1. The number of imidazole rings is 1. The van der Waals surface area contributed by atoms with E-state index in [-0.39, 0.29) is 11.5 Å². The largest absolute Gasteiger partial charge is 0.480 e. The zero-order chi connectivity index (χ0) is 19.1. The summed E-state index contributed by atoms with van der Waals surface area (Å²) >= 11 is 3.40. The number of hydrogen-bond donors (Lipinski definition) is 1. The third-order valence-electron chi connectivity index (χ3n) is 3.97. The molecule has 1 N–H and O–H groups in total. The third-order valence-corrected chi connectivity index (χ3v) is 4.61. The van der Waals surface area contributed by atoms with Crippen LogP contribution in [0.3, 0.4) is 0 Å². The monoisotopic (exact) mass is 429 g/mol. The van der Waals surface area contributed by atoms with Crippen molar-refractivity contribution in [3.63, 3.8) is 0 Å². The molecule has 0 radical (unpaired) electrons. The van der Waals surface area contributed by atoms with E-state index >= 15 is 0 Å². The minimum absolute atomic E-state index is 0.204. The van der Waals surface area contributed by atoms with Crippen LogP contribution in [-0.4, -0.2) is 32.4 Å². The summed E-state index contributed by atoms with van der Waals surface area (Å²) in [6.45, 7) is 1.77. The number of hydrogen-bond acceptors (Lipinski definition) is 5. The maximum absolute atomic E-state index is 14.2. The van der Waals surface area contributed by atoms with Gasteiger partial charge in [0.1, 0.15) is 11.0 Å². The third kappa shape index (κ3) is 3.10. The highest BCUT2D eigenvalue weighted by Crippen LogP contribution is 2.26. The van der Waals surface area contributed by atoms with Crippen LogP contribution in [-0.2, 0) is 0 Å². The summed E-state index contributed by atoms with van der Waals surface area (Å²) in [5, 5.41) is 2.70. The van der Waals surface area contributed by atoms with Gasteiger partial charge in [0.15, 0.2) is 11.5 Å². The topological polar surface area (TPSA) is 81.4 Å². The zero-order valence-electron chi connectivity index (χ0n) is 14.3. The number of rotatable bonds is 3. The molecule has 4 rings (SSSR count). The van der Waals surface area contributed by atoms with E-state index in [1.807, 2.05) is 0 Å². The molecular weight excluding hydrogens is 417 g/mol. The summed E-state index contributed by atoms with van der Waals surface area (Å²) in [4.78, 5) is 25.5. The highest BCUT2D eigenvalue weighted by Gasteiger charge is 2.16. The van der Waals surface area contributed by atoms with Gasteiger partial charge in [-0.05, 0) is 35.0 Å². The Morgan fingerprint density at radius 3 is 2.85 bits per heavy atom. The van der Waals surface area contributed by atoms with Gasteiger partial charge < -0.3 is 14.5 Å². The minimum atomic E-state index is -0.525. The second-order valence-corrected chi connectivity index (χ2v) is 6.70. The first-order valence-electron chi connectivity index (χ1n) is 7.91. The van der Waals surface area contributed by atoms with Gasteiger partial charge in [0, 0.05) is 22.9 Å². The minimum Gasteiger partial charge on any atom is -0.480 e. The molecule has 1 aromatic carbocycles. The number of nitrogens with zero attached hydrogens (tertiary/aromatic N) is 4. The predicted octanol–water partition coefficient (Wildman–Crippen LogP) is 3.75. The molecule has 0 aliphatic rings. The van der Waals surface area contributed by atoms with Gasteiger partial charge in [-0.2, -0.15) is 0 Å². The average molecular weight is 430 g/mol. The first-order chi connectivity index (χ1) is 13.0. The van der Waals surface area contributed by atoms with Gasteiger partial charge in [-0.15, -0.1) is 0 Å². The molecule has 0 aliphatic heterocycles. The van der Waals surface area contributed by atoms with E-state index in [2.05, 4.69) is 36.2 Å². The lowest BCUT2D eigenvalue weighted by Gasteiger charge is -2.10. The summed E-state index contributed by atoms with van der Waals surface area (Å²) in [6, 6.07) is 4.56. The van der Waals surface area contributed by atoms with E-state index < -0.39 is 11.7 Å². The van der Waals surface area contributed by atoms with Crippen LogP contribution in [0.25, 0.3) is 16.7 Å². The number of carbonyl (C=O) groups excluding carboxylic acids is 1. The van der Waals surface area contributed by atoms with Crippen LogP contribution in [0.4, 0.5) is 10.1 Å². The Hall–Kier alpha value is -3.07. The molecule has 9 heteroatoms. The number of fused-ring (bicyclic) bond motifs is 2. The van der Waals surface area contributed by atoms with Gasteiger partial charge in [-0.3, -0.25) is 4.79 Å². The molecule has 7 nitrogen and oxygen atoms in total. The molecule has 0 aliphatic carbocycles. The molecule has 3 aromatic heterocycles. The van der Waals surface area contributed by atoms with Crippen molar-refractivity contribution in [2.24, 2.45) is 0 Å². The summed E-state index contributed by atoms with van der Waals surface area (Å²) in [5.74, 6) is -0.676. The maximum atomic E-state index is 14.2. The van der Waals surface area contributed by atoms with E-state index in [1.54, 1.807) is 31.5 Å². The summed E-state index contributed by atoms with van der Waals surface area (Å²) in [6.07, 6.45) is 4.75. The van der Waals surface area contributed by atoms with Crippen molar-refractivity contribution in [1.82, 2.24) is 19.4 Å². The molecule has 0 unspecified atom stereocenters. The first-order valence-corrected chi connectivity index (χ1v) is 8.71. The molecule has 0 fully saturated rings. The molecule has 27 heavy (non-hydrogen) atoms. The standard InChI is InChI=1S/C18H13BrFN5O2/c1-9-7-25-8-10(5-13(20)17(25)22-9)23-18(26)11-3-4-12(19)16-15(11)24-14(27-2)6-21-16/h3-8H,1-2H3,(H,23,26). The summed E-state index contributed by atoms with van der Waals surface area (Å²) in [5.41, 5.74) is 2.38. The Morgan fingerprint density at radius 1 is 1.26 bits per heavy atom. The lowest BCUT2D eigenvalue weighted by molar-refractivity contribution is 0.102. The Labute approximate surface area is 161 Å². The van der Waals surface area contributed by atoms with Gasteiger partial charge >= 0.3 is 0 Å². The molecule has 4 aromatic rings. The number of ether oxygens (including phenoxy) is 1. The molecule has 0 bridgehead atoms. The van der Waals surface area contributed by atoms with Crippen molar-refractivity contribution in [3.05, 3.63) is 58.3 Å². The Kier molecular flexibility index (Phi) is 4.23. The molecule has 1 amide bonds. The SMILES string of the molecule is COc1cnc2c(Br)ccc(C(=O)Nc3cc(F)c4nc(C)cn4c3)c2n1. The fourth-order valence-corrected chi connectivity index (χ4v) is 3.20. The number of aromatic nitrogens is 4. The van der Waals surface area contributed by atoms with Gasteiger partial charge in [0.25, 0.3) is 5.91 Å². The fourth-order valence-electron chi connectivity index (χ4n) is 2.78. The number of amides is 1. The predicted molar refractivity (Wildman–Crippen MR) is 102 cm³/mol. The molecule has 3 heterocycles. The zero-order valence-corrected chi connectivity index (χ0v) is 15.9. The maximum Gasteiger partial charge on any atom is 0.257 e. The highest BCUT2D eigenvalue weighted by atomic mass is 79.9. The molecule has 0 atom stereocenters. The molecule has 0 saturated heterocycles. The van der Waals surface area contributed by atoms with Crippen molar-refractivity contribution >= 4 is 44.2 Å². The number of aryl methyl sites for hydroxylation is 1. The van der Waals surface area contributed by atoms with Crippen LogP contribution in [0.5, 0.6) is 5.88 Å². The molecular formula is C18H13BrFN5O2. The van der Waals surface area contributed by atoms with Crippen LogP contribution in [0.15, 0.2) is 41.3 Å². The smallest absolute Gasteiger partial charge is 0.257 e. The number of nitrogens with one attached hydrogen (secondary N) is 1. The number of carbonyl (C=O) groups is 1. The Morgan fingerprint density at radius 2 is 2.07 bits per heavy atom. The van der Waals surface area contributed by atoms with Gasteiger partial charge in [0.05, 0.1) is 30.3 Å². The Bertz CT molecular complexity index is 1210. The van der Waals surface area contributed by atoms with Crippen molar-refractivity contribution in [1.29, 1.82) is 0 Å². The van der Waals surface area contributed by atoms with E-state index in [0.717, 1.165) is 0 Å². The van der Waals surface area contributed by atoms with Crippen molar-refractivity contribution < 1.29 is 13.9 Å². The van der Waals surface area contributed by atoms with Crippen LogP contribution < -0.4 is 10.1 Å². The lowest BCUT2D eigenvalue weighted by Crippen LogP contribution is -2.14. The van der Waals surface area contributed by atoms with Gasteiger partial charge in [0.2, 0.25) is 5.88 Å². The Balaban J connectivity index is 1.76. The van der Waals surface area contributed by atoms with E-state index in [9.17, 15) is 9.18 Å². The molecule has 0 spiro atoms. The van der Waals surface area contributed by atoms with E-state index in [0.29, 0.717) is 32.5 Å². The second kappa shape index (κ2) is 6.58.